The van der Waals surface area contributed by atoms with Crippen molar-refractivity contribution in [3.8, 4) is 0 Å². The second-order valence-corrected chi connectivity index (χ2v) is 6.12. The number of carbonyl (C=O) groups excluding carboxylic acids is 1. The molecule has 1 aromatic heterocycles. The molecular formula is C13H19N3O3S. The van der Waals surface area contributed by atoms with Crippen LogP contribution in [0.4, 0.5) is 4.79 Å². The topological polar surface area (TPSA) is 82.5 Å². The Balaban J connectivity index is 1.76. The molecule has 0 unspecified atom stereocenters. The number of amides is 2. The van der Waals surface area contributed by atoms with Crippen LogP contribution in [-0.2, 0) is 11.2 Å². The van der Waals surface area contributed by atoms with E-state index in [4.69, 9.17) is 5.11 Å². The van der Waals surface area contributed by atoms with E-state index in [1.165, 1.54) is 4.90 Å². The average Bonchev–Trinajstić information content (AvgIpc) is 3.09. The number of aryl methyl sites for hydroxylation is 1. The molecule has 0 bridgehead atoms. The van der Waals surface area contributed by atoms with Crippen molar-refractivity contribution in [2.24, 2.45) is 5.92 Å². The zero-order chi connectivity index (χ0) is 14.5. The highest BCUT2D eigenvalue weighted by atomic mass is 32.1. The molecule has 6 nitrogen and oxygen atoms in total. The first-order valence-corrected chi connectivity index (χ1v) is 7.58. The van der Waals surface area contributed by atoms with Gasteiger partial charge in [-0.3, -0.25) is 4.79 Å². The fourth-order valence-corrected chi connectivity index (χ4v) is 2.57. The van der Waals surface area contributed by atoms with Gasteiger partial charge in [0, 0.05) is 24.9 Å². The Labute approximate surface area is 121 Å². The lowest BCUT2D eigenvalue weighted by Gasteiger charge is -2.20. The van der Waals surface area contributed by atoms with Crippen LogP contribution >= 0.6 is 11.3 Å². The van der Waals surface area contributed by atoms with Crippen LogP contribution in [0.1, 0.15) is 23.5 Å². The number of nitrogens with one attached hydrogen (secondary N) is 1. The highest BCUT2D eigenvalue weighted by molar-refractivity contribution is 7.09. The molecule has 0 aliphatic heterocycles. The number of carboxylic acid groups (broad SMARTS) is 1. The first-order valence-electron chi connectivity index (χ1n) is 6.70. The zero-order valence-corrected chi connectivity index (χ0v) is 12.3. The predicted octanol–water partition coefficient (Wildman–Crippen LogP) is 1.50. The summed E-state index contributed by atoms with van der Waals surface area (Å²) < 4.78 is 0. The number of nitrogens with zero attached hydrogens (tertiary/aromatic N) is 2. The Kier molecular flexibility index (Phi) is 4.94. The van der Waals surface area contributed by atoms with Crippen molar-refractivity contribution in [2.45, 2.75) is 26.2 Å². The van der Waals surface area contributed by atoms with Crippen LogP contribution in [0, 0.1) is 12.8 Å². The van der Waals surface area contributed by atoms with E-state index in [1.54, 1.807) is 11.3 Å². The fourth-order valence-electron chi connectivity index (χ4n) is 1.93. The van der Waals surface area contributed by atoms with Gasteiger partial charge < -0.3 is 15.3 Å². The summed E-state index contributed by atoms with van der Waals surface area (Å²) in [5.41, 5.74) is 0.958. The third kappa shape index (κ3) is 4.80. The Hall–Kier alpha value is -1.63. The summed E-state index contributed by atoms with van der Waals surface area (Å²) in [6, 6.07) is -0.300. The molecule has 2 rings (SSSR count). The molecule has 1 fully saturated rings. The predicted molar refractivity (Wildman–Crippen MR) is 75.9 cm³/mol. The van der Waals surface area contributed by atoms with Gasteiger partial charge in [-0.2, -0.15) is 0 Å². The number of carboxylic acids is 1. The molecule has 7 heteroatoms. The molecule has 1 aliphatic rings. The summed E-state index contributed by atoms with van der Waals surface area (Å²) in [6.07, 6.45) is 2.84. The molecule has 0 radical (unpaired) electrons. The highest BCUT2D eigenvalue weighted by Gasteiger charge is 2.27. The van der Waals surface area contributed by atoms with E-state index in [0.717, 1.165) is 23.5 Å². The molecule has 2 N–H and O–H groups in total. The van der Waals surface area contributed by atoms with Crippen molar-refractivity contribution in [3.05, 3.63) is 16.1 Å². The van der Waals surface area contributed by atoms with Crippen molar-refractivity contribution in [3.63, 3.8) is 0 Å². The third-order valence-electron chi connectivity index (χ3n) is 3.11. The molecule has 2 amide bonds. The third-order valence-corrected chi connectivity index (χ3v) is 3.94. The van der Waals surface area contributed by atoms with Crippen LogP contribution in [-0.4, -0.2) is 46.6 Å². The van der Waals surface area contributed by atoms with Crippen LogP contribution in [0.5, 0.6) is 0 Å². The normalized spacial score (nSPS) is 14.1. The van der Waals surface area contributed by atoms with E-state index < -0.39 is 5.97 Å². The van der Waals surface area contributed by atoms with Gasteiger partial charge in [-0.05, 0) is 25.7 Å². The van der Waals surface area contributed by atoms with E-state index >= 15 is 0 Å². The zero-order valence-electron chi connectivity index (χ0n) is 11.5. The molecule has 1 heterocycles. The first-order chi connectivity index (χ1) is 9.54. The summed E-state index contributed by atoms with van der Waals surface area (Å²) in [5.74, 6) is -0.503. The number of rotatable bonds is 7. The maximum atomic E-state index is 12.0. The van der Waals surface area contributed by atoms with Crippen molar-refractivity contribution >= 4 is 23.3 Å². The van der Waals surface area contributed by atoms with Gasteiger partial charge in [-0.25, -0.2) is 9.78 Å². The number of thiazole rings is 1. The van der Waals surface area contributed by atoms with E-state index in [-0.39, 0.29) is 12.6 Å². The molecule has 0 aromatic carbocycles. The number of hydrogen-bond donors (Lipinski definition) is 2. The Morgan fingerprint density at radius 1 is 1.55 bits per heavy atom. The van der Waals surface area contributed by atoms with Crippen molar-refractivity contribution in [1.29, 1.82) is 0 Å². The van der Waals surface area contributed by atoms with Crippen LogP contribution < -0.4 is 5.32 Å². The molecule has 1 aromatic rings. The van der Waals surface area contributed by atoms with Crippen molar-refractivity contribution < 1.29 is 14.7 Å². The average molecular weight is 297 g/mol. The Morgan fingerprint density at radius 3 is 2.85 bits per heavy atom. The van der Waals surface area contributed by atoms with Crippen LogP contribution in [0.3, 0.4) is 0 Å². The van der Waals surface area contributed by atoms with E-state index in [0.29, 0.717) is 25.4 Å². The maximum absolute atomic E-state index is 12.0. The highest BCUT2D eigenvalue weighted by Crippen LogP contribution is 2.29. The van der Waals surface area contributed by atoms with Crippen LogP contribution in [0.2, 0.25) is 0 Å². The SMILES string of the molecule is Cc1nc(CCNC(=O)N(CC(=O)O)CC2CC2)cs1. The Bertz CT molecular complexity index is 485. The number of aliphatic carboxylic acids is 1. The number of hydrogen-bond acceptors (Lipinski definition) is 4. The van der Waals surface area contributed by atoms with Gasteiger partial charge >= 0.3 is 12.0 Å². The Morgan fingerprint density at radius 2 is 2.30 bits per heavy atom. The second-order valence-electron chi connectivity index (χ2n) is 5.06. The van der Waals surface area contributed by atoms with Gasteiger partial charge in [0.2, 0.25) is 0 Å². The molecular weight excluding hydrogens is 278 g/mol. The van der Waals surface area contributed by atoms with E-state index in [9.17, 15) is 9.59 Å². The molecule has 20 heavy (non-hydrogen) atoms. The number of carbonyl (C=O) groups is 2. The standard InChI is InChI=1S/C13H19N3O3S/c1-9-15-11(8-20-9)4-5-14-13(19)16(7-12(17)18)6-10-2-3-10/h8,10H,2-7H2,1H3,(H,14,19)(H,17,18). The van der Waals surface area contributed by atoms with Gasteiger partial charge in [0.05, 0.1) is 10.7 Å². The fraction of sp³-hybridized carbons (Fsp3) is 0.615. The smallest absolute Gasteiger partial charge is 0.323 e. The summed E-state index contributed by atoms with van der Waals surface area (Å²) in [4.78, 5) is 28.5. The number of urea groups is 1. The van der Waals surface area contributed by atoms with Gasteiger partial charge in [-0.1, -0.05) is 0 Å². The summed E-state index contributed by atoms with van der Waals surface area (Å²) in [6.45, 7) is 2.71. The van der Waals surface area contributed by atoms with Gasteiger partial charge in [0.15, 0.2) is 0 Å². The summed E-state index contributed by atoms with van der Waals surface area (Å²) in [7, 11) is 0. The minimum Gasteiger partial charge on any atom is -0.480 e. The van der Waals surface area contributed by atoms with Crippen LogP contribution in [0.25, 0.3) is 0 Å². The van der Waals surface area contributed by atoms with E-state index in [1.807, 2.05) is 12.3 Å². The molecule has 110 valence electrons. The molecule has 1 saturated carbocycles. The summed E-state index contributed by atoms with van der Waals surface area (Å²) >= 11 is 1.58. The lowest BCUT2D eigenvalue weighted by molar-refractivity contribution is -0.137. The van der Waals surface area contributed by atoms with E-state index in [2.05, 4.69) is 10.3 Å². The summed E-state index contributed by atoms with van der Waals surface area (Å²) in [5, 5.41) is 14.6. The monoisotopic (exact) mass is 297 g/mol. The molecule has 0 spiro atoms. The lowest BCUT2D eigenvalue weighted by Crippen LogP contribution is -2.44. The van der Waals surface area contributed by atoms with Gasteiger partial charge in [0.25, 0.3) is 0 Å². The second kappa shape index (κ2) is 6.69. The minimum absolute atomic E-state index is 0.238. The van der Waals surface area contributed by atoms with Crippen molar-refractivity contribution in [1.82, 2.24) is 15.2 Å². The first kappa shape index (κ1) is 14.8. The number of aromatic nitrogens is 1. The minimum atomic E-state index is -0.976. The van der Waals surface area contributed by atoms with Crippen molar-refractivity contribution in [2.75, 3.05) is 19.6 Å². The van der Waals surface area contributed by atoms with Crippen LogP contribution in [0.15, 0.2) is 5.38 Å². The quantitative estimate of drug-likeness (QED) is 0.799. The van der Waals surface area contributed by atoms with Gasteiger partial charge in [0.1, 0.15) is 6.54 Å². The maximum Gasteiger partial charge on any atom is 0.323 e. The largest absolute Gasteiger partial charge is 0.480 e. The van der Waals surface area contributed by atoms with Gasteiger partial charge in [-0.15, -0.1) is 11.3 Å². The lowest BCUT2D eigenvalue weighted by atomic mass is 10.3. The molecule has 0 saturated heterocycles. The molecule has 0 atom stereocenters. The molecule has 1 aliphatic carbocycles.